The Balaban J connectivity index is 1.68. The Hall–Kier alpha value is -2.56. The molecule has 1 fully saturated rings. The van der Waals surface area contributed by atoms with E-state index in [9.17, 15) is 4.79 Å². The average Bonchev–Trinajstić information content (AvgIpc) is 2.93. The molecule has 0 atom stereocenters. The van der Waals surface area contributed by atoms with Crippen LogP contribution < -0.4 is 10.2 Å². The van der Waals surface area contributed by atoms with Crippen LogP contribution in [-0.2, 0) is 11.3 Å². The Morgan fingerprint density at radius 2 is 2.24 bits per heavy atom. The van der Waals surface area contributed by atoms with Crippen molar-refractivity contribution in [3.63, 3.8) is 0 Å². The van der Waals surface area contributed by atoms with Crippen LogP contribution in [0.2, 0.25) is 0 Å². The number of hydrogen-bond donors (Lipinski definition) is 1. The third-order valence-electron chi connectivity index (χ3n) is 3.36. The number of pyridine rings is 1. The number of aryl methyl sites for hydroxylation is 1. The van der Waals surface area contributed by atoms with E-state index in [2.05, 4.69) is 10.3 Å². The SMILES string of the molecule is Cc1ccc(CNc2cccc(N3CCOC3=O)c2)nc1. The van der Waals surface area contributed by atoms with Crippen molar-refractivity contribution in [2.75, 3.05) is 23.4 Å². The lowest BCUT2D eigenvalue weighted by Crippen LogP contribution is -2.23. The summed E-state index contributed by atoms with van der Waals surface area (Å²) in [6.07, 6.45) is 1.57. The molecule has 1 amide bonds. The molecular formula is C16H17N3O2. The second kappa shape index (κ2) is 5.83. The Kier molecular flexibility index (Phi) is 3.73. The predicted molar refractivity (Wildman–Crippen MR) is 81.4 cm³/mol. The van der Waals surface area contributed by atoms with E-state index in [1.165, 1.54) is 0 Å². The van der Waals surface area contributed by atoms with Crippen LogP contribution in [-0.4, -0.2) is 24.2 Å². The number of nitrogens with one attached hydrogen (secondary N) is 1. The lowest BCUT2D eigenvalue weighted by Gasteiger charge is -2.14. The molecule has 0 bridgehead atoms. The molecule has 1 saturated heterocycles. The molecule has 0 spiro atoms. The maximum Gasteiger partial charge on any atom is 0.414 e. The summed E-state index contributed by atoms with van der Waals surface area (Å²) in [5.41, 5.74) is 3.92. The van der Waals surface area contributed by atoms with Crippen molar-refractivity contribution >= 4 is 17.5 Å². The van der Waals surface area contributed by atoms with E-state index in [-0.39, 0.29) is 6.09 Å². The van der Waals surface area contributed by atoms with Crippen molar-refractivity contribution in [1.29, 1.82) is 0 Å². The summed E-state index contributed by atoms with van der Waals surface area (Å²) < 4.78 is 4.96. The van der Waals surface area contributed by atoms with Gasteiger partial charge in [0.25, 0.3) is 0 Å². The molecule has 1 aliphatic rings. The average molecular weight is 283 g/mol. The van der Waals surface area contributed by atoms with Crippen molar-refractivity contribution in [2.45, 2.75) is 13.5 Å². The van der Waals surface area contributed by atoms with Gasteiger partial charge in [-0.1, -0.05) is 12.1 Å². The van der Waals surface area contributed by atoms with Gasteiger partial charge in [0.2, 0.25) is 0 Å². The van der Waals surface area contributed by atoms with Gasteiger partial charge < -0.3 is 10.1 Å². The molecule has 21 heavy (non-hydrogen) atoms. The summed E-state index contributed by atoms with van der Waals surface area (Å²) in [6.45, 7) is 3.71. The number of carbonyl (C=O) groups is 1. The standard InChI is InChI=1S/C16H17N3O2/c1-12-5-6-14(17-10-12)11-18-13-3-2-4-15(9-13)19-7-8-21-16(19)20/h2-6,9-10,18H,7-8,11H2,1H3. The Morgan fingerprint density at radius 3 is 2.95 bits per heavy atom. The molecule has 5 heteroatoms. The molecule has 3 rings (SSSR count). The van der Waals surface area contributed by atoms with Crippen LogP contribution in [0.1, 0.15) is 11.3 Å². The fraction of sp³-hybridized carbons (Fsp3) is 0.250. The molecule has 5 nitrogen and oxygen atoms in total. The molecule has 0 aliphatic carbocycles. The minimum Gasteiger partial charge on any atom is -0.447 e. The lowest BCUT2D eigenvalue weighted by atomic mass is 10.2. The smallest absolute Gasteiger partial charge is 0.414 e. The van der Waals surface area contributed by atoms with Crippen LogP contribution in [0.4, 0.5) is 16.2 Å². The monoisotopic (exact) mass is 283 g/mol. The highest BCUT2D eigenvalue weighted by atomic mass is 16.6. The van der Waals surface area contributed by atoms with Gasteiger partial charge >= 0.3 is 6.09 Å². The summed E-state index contributed by atoms with van der Waals surface area (Å²) in [4.78, 5) is 17.6. The fourth-order valence-corrected chi connectivity index (χ4v) is 2.21. The molecular weight excluding hydrogens is 266 g/mol. The van der Waals surface area contributed by atoms with Gasteiger partial charge in [0, 0.05) is 17.6 Å². The summed E-state index contributed by atoms with van der Waals surface area (Å²) in [7, 11) is 0. The van der Waals surface area contributed by atoms with Crippen LogP contribution in [0, 0.1) is 6.92 Å². The van der Waals surface area contributed by atoms with E-state index in [0.717, 1.165) is 22.6 Å². The lowest BCUT2D eigenvalue weighted by molar-refractivity contribution is 0.181. The highest BCUT2D eigenvalue weighted by Gasteiger charge is 2.23. The van der Waals surface area contributed by atoms with E-state index in [4.69, 9.17) is 4.74 Å². The van der Waals surface area contributed by atoms with Crippen molar-refractivity contribution in [3.8, 4) is 0 Å². The van der Waals surface area contributed by atoms with E-state index in [1.807, 2.05) is 49.5 Å². The highest BCUT2D eigenvalue weighted by Crippen LogP contribution is 2.22. The molecule has 0 saturated carbocycles. The number of rotatable bonds is 4. The van der Waals surface area contributed by atoms with Crippen LogP contribution in [0.15, 0.2) is 42.6 Å². The minimum absolute atomic E-state index is 0.285. The number of carbonyl (C=O) groups excluding carboxylic acids is 1. The summed E-state index contributed by atoms with van der Waals surface area (Å²) in [5.74, 6) is 0. The maximum atomic E-state index is 11.6. The number of cyclic esters (lactones) is 1. The number of anilines is 2. The van der Waals surface area contributed by atoms with Crippen molar-refractivity contribution in [1.82, 2.24) is 4.98 Å². The number of amides is 1. The second-order valence-electron chi connectivity index (χ2n) is 5.00. The molecule has 2 aromatic rings. The number of aromatic nitrogens is 1. The Bertz CT molecular complexity index is 640. The summed E-state index contributed by atoms with van der Waals surface area (Å²) in [5, 5.41) is 3.32. The van der Waals surface area contributed by atoms with Crippen LogP contribution in [0.3, 0.4) is 0 Å². The molecule has 1 aromatic carbocycles. The molecule has 0 radical (unpaired) electrons. The van der Waals surface area contributed by atoms with Gasteiger partial charge in [-0.05, 0) is 36.8 Å². The van der Waals surface area contributed by atoms with Gasteiger partial charge in [-0.3, -0.25) is 9.88 Å². The maximum absolute atomic E-state index is 11.6. The van der Waals surface area contributed by atoms with Gasteiger partial charge in [0.15, 0.2) is 0 Å². The van der Waals surface area contributed by atoms with E-state index in [0.29, 0.717) is 19.7 Å². The zero-order chi connectivity index (χ0) is 14.7. The number of benzene rings is 1. The van der Waals surface area contributed by atoms with Gasteiger partial charge in [0.05, 0.1) is 18.8 Å². The molecule has 1 N–H and O–H groups in total. The van der Waals surface area contributed by atoms with Crippen molar-refractivity contribution in [2.24, 2.45) is 0 Å². The first-order valence-electron chi connectivity index (χ1n) is 6.92. The van der Waals surface area contributed by atoms with E-state index >= 15 is 0 Å². The normalized spacial score (nSPS) is 14.1. The van der Waals surface area contributed by atoms with Gasteiger partial charge in [-0.2, -0.15) is 0 Å². The highest BCUT2D eigenvalue weighted by molar-refractivity contribution is 5.89. The first-order valence-corrected chi connectivity index (χ1v) is 6.92. The second-order valence-corrected chi connectivity index (χ2v) is 5.00. The van der Waals surface area contributed by atoms with Crippen LogP contribution in [0.25, 0.3) is 0 Å². The minimum atomic E-state index is -0.285. The van der Waals surface area contributed by atoms with Crippen molar-refractivity contribution < 1.29 is 9.53 Å². The fourth-order valence-electron chi connectivity index (χ4n) is 2.21. The molecule has 1 aliphatic heterocycles. The first kappa shape index (κ1) is 13.4. The van der Waals surface area contributed by atoms with Crippen molar-refractivity contribution in [3.05, 3.63) is 53.9 Å². The summed E-state index contributed by atoms with van der Waals surface area (Å²) >= 11 is 0. The quantitative estimate of drug-likeness (QED) is 0.937. The number of hydrogen-bond acceptors (Lipinski definition) is 4. The number of ether oxygens (including phenoxy) is 1. The molecule has 0 unspecified atom stereocenters. The van der Waals surface area contributed by atoms with Gasteiger partial charge in [0.1, 0.15) is 6.61 Å². The zero-order valence-corrected chi connectivity index (χ0v) is 11.9. The van der Waals surface area contributed by atoms with E-state index in [1.54, 1.807) is 4.90 Å². The molecule has 2 heterocycles. The predicted octanol–water partition coefficient (Wildman–Crippen LogP) is 2.96. The van der Waals surface area contributed by atoms with Gasteiger partial charge in [-0.25, -0.2) is 4.79 Å². The third-order valence-corrected chi connectivity index (χ3v) is 3.36. The van der Waals surface area contributed by atoms with Crippen LogP contribution in [0.5, 0.6) is 0 Å². The van der Waals surface area contributed by atoms with E-state index < -0.39 is 0 Å². The Morgan fingerprint density at radius 1 is 1.33 bits per heavy atom. The van der Waals surface area contributed by atoms with Crippen LogP contribution >= 0.6 is 0 Å². The third kappa shape index (κ3) is 3.13. The summed E-state index contributed by atoms with van der Waals surface area (Å²) in [6, 6.07) is 11.8. The Labute approximate surface area is 123 Å². The largest absolute Gasteiger partial charge is 0.447 e. The molecule has 1 aromatic heterocycles. The van der Waals surface area contributed by atoms with Gasteiger partial charge in [-0.15, -0.1) is 0 Å². The first-order chi connectivity index (χ1) is 10.2. The molecule has 108 valence electrons. The zero-order valence-electron chi connectivity index (χ0n) is 11.9. The number of nitrogens with zero attached hydrogens (tertiary/aromatic N) is 2. The topological polar surface area (TPSA) is 54.5 Å².